The molecule has 0 aromatic heterocycles. The van der Waals surface area contributed by atoms with E-state index in [2.05, 4.69) is 16.2 Å². The van der Waals surface area contributed by atoms with Gasteiger partial charge in [0, 0.05) is 11.3 Å². The quantitative estimate of drug-likeness (QED) is 0.666. The Morgan fingerprint density at radius 2 is 1.43 bits per heavy atom. The average molecular weight is 382 g/mol. The summed E-state index contributed by atoms with van der Waals surface area (Å²) in [4.78, 5) is 37.7. The van der Waals surface area contributed by atoms with Crippen LogP contribution in [0.2, 0.25) is 0 Å². The predicted octanol–water partition coefficient (Wildman–Crippen LogP) is 1.94. The average Bonchev–Trinajstić information content (AvgIpc) is 2.63. The lowest BCUT2D eigenvalue weighted by molar-refractivity contribution is -0.123. The molecule has 0 heterocycles. The van der Waals surface area contributed by atoms with Crippen molar-refractivity contribution in [3.05, 3.63) is 64.7 Å². The Labute approximate surface area is 165 Å². The summed E-state index contributed by atoms with van der Waals surface area (Å²) in [5.74, 6) is -1.03. The molecule has 7 heteroatoms. The highest BCUT2D eigenvalue weighted by atomic mass is 16.2. The first kappa shape index (κ1) is 21.1. The van der Waals surface area contributed by atoms with Crippen LogP contribution < -0.4 is 16.2 Å². The number of carbonyl (C=O) groups excluding carboxylic acids is 3. The number of anilines is 1. The molecule has 0 unspecified atom stereocenters. The highest BCUT2D eigenvalue weighted by Gasteiger charge is 2.14. The Kier molecular flexibility index (Phi) is 7.28. The number of benzene rings is 2. The van der Waals surface area contributed by atoms with Gasteiger partial charge in [-0.2, -0.15) is 0 Å². The topological polar surface area (TPSA) is 90.5 Å². The standard InChI is InChI=1S/C21H26N4O3/c1-14-10-15(2)20(16(3)11-14)22-18(26)12-25(4)13-19(27)23-24-21(28)17-8-6-5-7-9-17/h5-11H,12-13H2,1-4H3,(H,22,26)(H,23,27)(H,24,28). The monoisotopic (exact) mass is 382 g/mol. The molecular formula is C21H26N4O3. The molecule has 0 bridgehead atoms. The number of rotatable bonds is 6. The van der Waals surface area contributed by atoms with Crippen LogP contribution in [0, 0.1) is 20.8 Å². The molecule has 2 rings (SSSR count). The van der Waals surface area contributed by atoms with E-state index in [9.17, 15) is 14.4 Å². The second-order valence-corrected chi connectivity index (χ2v) is 6.86. The van der Waals surface area contributed by atoms with Gasteiger partial charge in [-0.25, -0.2) is 0 Å². The van der Waals surface area contributed by atoms with Crippen molar-refractivity contribution < 1.29 is 14.4 Å². The van der Waals surface area contributed by atoms with Gasteiger partial charge in [0.2, 0.25) is 5.91 Å². The zero-order valence-corrected chi connectivity index (χ0v) is 16.6. The van der Waals surface area contributed by atoms with Gasteiger partial charge >= 0.3 is 0 Å². The number of aryl methyl sites for hydroxylation is 3. The third kappa shape index (κ3) is 6.21. The van der Waals surface area contributed by atoms with Gasteiger partial charge in [0.15, 0.2) is 0 Å². The predicted molar refractivity (Wildman–Crippen MR) is 109 cm³/mol. The Hall–Kier alpha value is -3.19. The van der Waals surface area contributed by atoms with Gasteiger partial charge in [0.05, 0.1) is 13.1 Å². The van der Waals surface area contributed by atoms with Gasteiger partial charge in [-0.1, -0.05) is 35.9 Å². The molecule has 0 fully saturated rings. The van der Waals surface area contributed by atoms with Crippen molar-refractivity contribution in [3.8, 4) is 0 Å². The van der Waals surface area contributed by atoms with Gasteiger partial charge in [-0.05, 0) is 51.1 Å². The minimum absolute atomic E-state index is 0.0334. The maximum atomic E-state index is 12.3. The molecule has 0 aliphatic carbocycles. The van der Waals surface area contributed by atoms with Gasteiger partial charge in [0.1, 0.15) is 0 Å². The Morgan fingerprint density at radius 1 is 0.857 bits per heavy atom. The number of hydrogen-bond acceptors (Lipinski definition) is 4. The summed E-state index contributed by atoms with van der Waals surface area (Å²) in [5, 5.41) is 2.90. The summed E-state index contributed by atoms with van der Waals surface area (Å²) in [5.41, 5.74) is 9.07. The minimum Gasteiger partial charge on any atom is -0.324 e. The minimum atomic E-state index is -0.415. The Morgan fingerprint density at radius 3 is 2.04 bits per heavy atom. The molecule has 28 heavy (non-hydrogen) atoms. The van der Waals surface area contributed by atoms with E-state index < -0.39 is 11.8 Å². The molecule has 3 amide bonds. The summed E-state index contributed by atoms with van der Waals surface area (Å²) in [6.07, 6.45) is 0. The first-order valence-electron chi connectivity index (χ1n) is 8.96. The summed E-state index contributed by atoms with van der Waals surface area (Å²) in [6.45, 7) is 5.92. The van der Waals surface area contributed by atoms with Crippen LogP contribution in [0.1, 0.15) is 27.0 Å². The lowest BCUT2D eigenvalue weighted by atomic mass is 10.1. The SMILES string of the molecule is Cc1cc(C)c(NC(=O)CN(C)CC(=O)NNC(=O)c2ccccc2)c(C)c1. The molecule has 148 valence electrons. The van der Waals surface area contributed by atoms with E-state index >= 15 is 0 Å². The number of nitrogens with zero attached hydrogens (tertiary/aromatic N) is 1. The normalized spacial score (nSPS) is 10.5. The van der Waals surface area contributed by atoms with Crippen LogP contribution in [0.5, 0.6) is 0 Å². The second-order valence-electron chi connectivity index (χ2n) is 6.86. The van der Waals surface area contributed by atoms with Gasteiger partial charge in [-0.15, -0.1) is 0 Å². The smallest absolute Gasteiger partial charge is 0.269 e. The van der Waals surface area contributed by atoms with E-state index in [0.717, 1.165) is 22.4 Å². The summed E-state index contributed by atoms with van der Waals surface area (Å²) >= 11 is 0. The van der Waals surface area contributed by atoms with Crippen LogP contribution in [-0.4, -0.2) is 42.8 Å². The van der Waals surface area contributed by atoms with Crippen molar-refractivity contribution in [1.29, 1.82) is 0 Å². The number of hydrazine groups is 1. The number of hydrogen-bond donors (Lipinski definition) is 3. The molecule has 0 saturated carbocycles. The van der Waals surface area contributed by atoms with Crippen molar-refractivity contribution in [2.24, 2.45) is 0 Å². The van der Waals surface area contributed by atoms with E-state index in [1.54, 1.807) is 42.3 Å². The van der Waals surface area contributed by atoms with Crippen molar-refractivity contribution in [1.82, 2.24) is 15.8 Å². The van der Waals surface area contributed by atoms with Crippen LogP contribution >= 0.6 is 0 Å². The largest absolute Gasteiger partial charge is 0.324 e. The van der Waals surface area contributed by atoms with E-state index in [4.69, 9.17) is 0 Å². The van der Waals surface area contributed by atoms with E-state index in [1.807, 2.05) is 32.9 Å². The molecule has 0 spiro atoms. The molecule has 0 atom stereocenters. The fraction of sp³-hybridized carbons (Fsp3) is 0.286. The maximum absolute atomic E-state index is 12.3. The van der Waals surface area contributed by atoms with E-state index in [-0.39, 0.29) is 19.0 Å². The zero-order chi connectivity index (χ0) is 20.7. The maximum Gasteiger partial charge on any atom is 0.269 e. The molecule has 0 saturated heterocycles. The van der Waals surface area contributed by atoms with Crippen LogP contribution in [-0.2, 0) is 9.59 Å². The lowest BCUT2D eigenvalue weighted by Crippen LogP contribution is -2.46. The van der Waals surface area contributed by atoms with E-state index in [1.165, 1.54) is 0 Å². The lowest BCUT2D eigenvalue weighted by Gasteiger charge is -2.18. The van der Waals surface area contributed by atoms with E-state index in [0.29, 0.717) is 5.56 Å². The van der Waals surface area contributed by atoms with Crippen molar-refractivity contribution in [2.45, 2.75) is 20.8 Å². The fourth-order valence-electron chi connectivity index (χ4n) is 2.93. The fourth-order valence-corrected chi connectivity index (χ4v) is 2.93. The number of amides is 3. The molecule has 0 aliphatic heterocycles. The molecule has 7 nitrogen and oxygen atoms in total. The van der Waals surface area contributed by atoms with Gasteiger partial charge in [-0.3, -0.25) is 30.1 Å². The molecule has 3 N–H and O–H groups in total. The molecule has 2 aromatic rings. The molecule has 0 radical (unpaired) electrons. The Bertz CT molecular complexity index is 842. The van der Waals surface area contributed by atoms with Crippen LogP contribution in [0.4, 0.5) is 5.69 Å². The molecule has 0 aliphatic rings. The summed E-state index contributed by atoms with van der Waals surface area (Å²) < 4.78 is 0. The first-order valence-corrected chi connectivity index (χ1v) is 8.96. The number of nitrogens with one attached hydrogen (secondary N) is 3. The highest BCUT2D eigenvalue weighted by Crippen LogP contribution is 2.21. The molecule has 2 aromatic carbocycles. The van der Waals surface area contributed by atoms with Gasteiger partial charge in [0.25, 0.3) is 11.8 Å². The Balaban J connectivity index is 1.79. The second kappa shape index (κ2) is 9.66. The van der Waals surface area contributed by atoms with Crippen LogP contribution in [0.3, 0.4) is 0 Å². The summed E-state index contributed by atoms with van der Waals surface area (Å²) in [6, 6.07) is 12.6. The van der Waals surface area contributed by atoms with Crippen molar-refractivity contribution >= 4 is 23.4 Å². The number of likely N-dealkylation sites (N-methyl/N-ethyl adjacent to an activating group) is 1. The molecular weight excluding hydrogens is 356 g/mol. The third-order valence-corrected chi connectivity index (χ3v) is 4.12. The zero-order valence-electron chi connectivity index (χ0n) is 16.6. The third-order valence-electron chi connectivity index (χ3n) is 4.12. The van der Waals surface area contributed by atoms with Crippen molar-refractivity contribution in [2.75, 3.05) is 25.5 Å². The van der Waals surface area contributed by atoms with Gasteiger partial charge < -0.3 is 5.32 Å². The first-order chi connectivity index (χ1) is 13.3. The summed E-state index contributed by atoms with van der Waals surface area (Å²) in [7, 11) is 1.66. The van der Waals surface area contributed by atoms with Crippen molar-refractivity contribution in [3.63, 3.8) is 0 Å². The number of carbonyl (C=O) groups is 3. The van der Waals surface area contributed by atoms with Crippen LogP contribution in [0.15, 0.2) is 42.5 Å². The highest BCUT2D eigenvalue weighted by molar-refractivity contribution is 5.96. The van der Waals surface area contributed by atoms with Crippen LogP contribution in [0.25, 0.3) is 0 Å².